The maximum absolute atomic E-state index is 12.1. The van der Waals surface area contributed by atoms with E-state index < -0.39 is 22.3 Å². The maximum Gasteiger partial charge on any atom is 0.385 e. The third kappa shape index (κ3) is 9.32. The van der Waals surface area contributed by atoms with Crippen LogP contribution in [0.25, 0.3) is 10.8 Å². The quantitative estimate of drug-likeness (QED) is 0.210. The number of likely N-dealkylation sites (tertiary alicyclic amines) is 1. The minimum atomic E-state index is -4.22. The highest BCUT2D eigenvalue weighted by atomic mass is 35.5. The van der Waals surface area contributed by atoms with Crippen molar-refractivity contribution in [3.8, 4) is 5.75 Å². The SMILES string of the molecule is CCC(NS(=O)(=O)OC(C)=O)c1ccc2ccc(C(N)=Nc3ccc(OC4CCN(C(C)=N)CC4)cc3)cc2c1.Cl.Cl. The Hall–Kier alpha value is -3.38. The molecule has 1 unspecified atom stereocenters. The van der Waals surface area contributed by atoms with Crippen LogP contribution >= 0.6 is 24.8 Å². The number of rotatable bonds is 9. The van der Waals surface area contributed by atoms with Gasteiger partial charge in [-0.25, -0.2) is 4.99 Å². The van der Waals surface area contributed by atoms with Crippen molar-refractivity contribution < 1.29 is 22.1 Å². The number of carbonyl (C=O) groups excluding carboxylic acids is 1. The van der Waals surface area contributed by atoms with Gasteiger partial charge in [0.25, 0.3) is 0 Å². The van der Waals surface area contributed by atoms with Gasteiger partial charge < -0.3 is 19.6 Å². The zero-order chi connectivity index (χ0) is 28.9. The van der Waals surface area contributed by atoms with E-state index in [-0.39, 0.29) is 30.9 Å². The fraction of sp³-hybridized carbons (Fsp3) is 0.345. The van der Waals surface area contributed by atoms with Crippen molar-refractivity contribution in [3.05, 3.63) is 71.8 Å². The molecule has 3 aromatic carbocycles. The highest BCUT2D eigenvalue weighted by molar-refractivity contribution is 7.85. The Morgan fingerprint density at radius 2 is 1.69 bits per heavy atom. The van der Waals surface area contributed by atoms with Gasteiger partial charge in [0, 0.05) is 44.5 Å². The lowest BCUT2D eigenvalue weighted by Crippen LogP contribution is -2.40. The van der Waals surface area contributed by atoms with Crippen molar-refractivity contribution in [3.63, 3.8) is 0 Å². The van der Waals surface area contributed by atoms with E-state index >= 15 is 0 Å². The second-order valence-corrected chi connectivity index (χ2v) is 11.1. The van der Waals surface area contributed by atoms with Crippen LogP contribution in [0.15, 0.2) is 65.7 Å². The fourth-order valence-electron chi connectivity index (χ4n) is 4.69. The van der Waals surface area contributed by atoms with E-state index in [4.69, 9.17) is 15.9 Å². The lowest BCUT2D eigenvalue weighted by atomic mass is 9.99. The van der Waals surface area contributed by atoms with Crippen LogP contribution in [-0.2, 0) is 19.3 Å². The second kappa shape index (κ2) is 15.2. The zero-order valence-corrected chi connectivity index (χ0v) is 26.2. The van der Waals surface area contributed by atoms with E-state index in [1.165, 1.54) is 0 Å². The van der Waals surface area contributed by atoms with Crippen LogP contribution < -0.4 is 15.2 Å². The molecule has 0 saturated carbocycles. The van der Waals surface area contributed by atoms with Crippen LogP contribution in [0, 0.1) is 5.41 Å². The molecule has 1 fully saturated rings. The number of amidine groups is 2. The summed E-state index contributed by atoms with van der Waals surface area (Å²) in [5.41, 5.74) is 8.50. The number of nitrogens with zero attached hydrogens (tertiary/aromatic N) is 2. The Labute approximate surface area is 259 Å². The van der Waals surface area contributed by atoms with Crippen molar-refractivity contribution in [2.24, 2.45) is 10.7 Å². The first-order chi connectivity index (χ1) is 19.0. The fourth-order valence-corrected chi connectivity index (χ4v) is 5.69. The molecule has 3 aromatic rings. The van der Waals surface area contributed by atoms with E-state index in [1.807, 2.05) is 74.5 Å². The summed E-state index contributed by atoms with van der Waals surface area (Å²) < 4.78 is 37.2. The number of hydrogen-bond acceptors (Lipinski definition) is 7. The third-order valence-corrected chi connectivity index (χ3v) is 7.82. The van der Waals surface area contributed by atoms with Crippen molar-refractivity contribution in [2.75, 3.05) is 13.1 Å². The Balaban J connectivity index is 0.00000308. The molecule has 0 aromatic heterocycles. The van der Waals surface area contributed by atoms with E-state index in [1.54, 1.807) is 0 Å². The minimum Gasteiger partial charge on any atom is -0.490 e. The average Bonchev–Trinajstić information content (AvgIpc) is 2.91. The Kier molecular flexibility index (Phi) is 12.6. The largest absolute Gasteiger partial charge is 0.490 e. The van der Waals surface area contributed by atoms with Crippen molar-refractivity contribution >= 4 is 69.2 Å². The highest BCUT2D eigenvalue weighted by Gasteiger charge is 2.22. The van der Waals surface area contributed by atoms with Crippen molar-refractivity contribution in [1.29, 1.82) is 5.41 Å². The summed E-state index contributed by atoms with van der Waals surface area (Å²) in [5, 5.41) is 9.59. The van der Waals surface area contributed by atoms with E-state index in [0.29, 0.717) is 23.8 Å². The number of ether oxygens (including phenoxy) is 1. The van der Waals surface area contributed by atoms with E-state index in [2.05, 4.69) is 18.8 Å². The van der Waals surface area contributed by atoms with Crippen LogP contribution in [0.2, 0.25) is 0 Å². The monoisotopic (exact) mass is 637 g/mol. The standard InChI is InChI=1S/C29H35N5O5S.2ClH/c1-4-28(33-40(36,37)39-20(3)35)22-7-5-21-6-8-23(18-24(21)17-22)29(31)32-25-9-11-26(12-10-25)38-27-13-15-34(16-14-27)19(2)30;;/h5-12,17-18,27-28,30,33H,4,13-16H2,1-3H3,(H2,31,32);2*1H. The number of nitrogens with two attached hydrogens (primary N) is 1. The van der Waals surface area contributed by atoms with Crippen molar-refractivity contribution in [2.45, 2.75) is 52.2 Å². The van der Waals surface area contributed by atoms with Crippen LogP contribution in [0.4, 0.5) is 5.69 Å². The van der Waals surface area contributed by atoms with Gasteiger partial charge in [0.1, 0.15) is 17.7 Å². The topological polar surface area (TPSA) is 147 Å². The van der Waals surface area contributed by atoms with Crippen LogP contribution in [0.1, 0.15) is 57.2 Å². The molecule has 10 nitrogen and oxygen atoms in total. The average molecular weight is 639 g/mol. The number of carbonyl (C=O) groups is 1. The third-order valence-electron chi connectivity index (χ3n) is 6.79. The molecule has 0 aliphatic carbocycles. The Morgan fingerprint density at radius 1 is 1.05 bits per heavy atom. The summed E-state index contributed by atoms with van der Waals surface area (Å²) in [6.07, 6.45) is 2.34. The van der Waals surface area contributed by atoms with Gasteiger partial charge in [-0.05, 0) is 66.1 Å². The van der Waals surface area contributed by atoms with Crippen LogP contribution in [-0.4, -0.2) is 50.2 Å². The first kappa shape index (κ1) is 34.8. The molecule has 1 saturated heterocycles. The van der Waals surface area contributed by atoms with Gasteiger partial charge in [-0.3, -0.25) is 10.2 Å². The molecular weight excluding hydrogens is 601 g/mol. The number of hydrogen-bond donors (Lipinski definition) is 3. The van der Waals surface area contributed by atoms with E-state index in [9.17, 15) is 13.2 Å². The number of halogens is 2. The number of benzene rings is 3. The van der Waals surface area contributed by atoms with Gasteiger partial charge in [-0.15, -0.1) is 24.8 Å². The summed E-state index contributed by atoms with van der Waals surface area (Å²) in [4.78, 5) is 17.8. The van der Waals surface area contributed by atoms with Gasteiger partial charge in [0.2, 0.25) is 0 Å². The Bertz CT molecular complexity index is 1530. The summed E-state index contributed by atoms with van der Waals surface area (Å²) in [5.74, 6) is 0.811. The predicted molar refractivity (Wildman–Crippen MR) is 171 cm³/mol. The molecule has 4 rings (SSSR count). The van der Waals surface area contributed by atoms with Gasteiger partial charge in [-0.1, -0.05) is 31.2 Å². The van der Waals surface area contributed by atoms with Crippen LogP contribution in [0.3, 0.4) is 0 Å². The second-order valence-electron chi connectivity index (χ2n) is 9.81. The normalized spacial score (nSPS) is 14.8. The zero-order valence-electron chi connectivity index (χ0n) is 23.7. The molecule has 228 valence electrons. The van der Waals surface area contributed by atoms with Gasteiger partial charge >= 0.3 is 16.3 Å². The lowest BCUT2D eigenvalue weighted by Gasteiger charge is -2.32. The molecule has 4 N–H and O–H groups in total. The molecular formula is C29H37Cl2N5O5S. The summed E-state index contributed by atoms with van der Waals surface area (Å²) in [6, 6.07) is 18.3. The smallest absolute Gasteiger partial charge is 0.385 e. The molecule has 0 spiro atoms. The predicted octanol–water partition coefficient (Wildman–Crippen LogP) is 5.41. The molecule has 1 aliphatic heterocycles. The first-order valence-electron chi connectivity index (χ1n) is 13.2. The van der Waals surface area contributed by atoms with Crippen LogP contribution in [0.5, 0.6) is 5.75 Å². The Morgan fingerprint density at radius 3 is 2.29 bits per heavy atom. The number of fused-ring (bicyclic) bond motifs is 1. The molecule has 0 amide bonds. The molecule has 42 heavy (non-hydrogen) atoms. The minimum absolute atomic E-state index is 0. The maximum atomic E-state index is 12.1. The number of aliphatic imine (C=N–C) groups is 1. The first-order valence-corrected chi connectivity index (χ1v) is 14.6. The van der Waals surface area contributed by atoms with Gasteiger partial charge in [-0.2, -0.15) is 13.1 Å². The molecule has 0 bridgehead atoms. The molecule has 1 heterocycles. The molecule has 13 heteroatoms. The summed E-state index contributed by atoms with van der Waals surface area (Å²) in [7, 11) is -4.22. The molecule has 0 radical (unpaired) electrons. The lowest BCUT2D eigenvalue weighted by molar-refractivity contribution is -0.131. The van der Waals surface area contributed by atoms with Crippen molar-refractivity contribution in [1.82, 2.24) is 9.62 Å². The highest BCUT2D eigenvalue weighted by Crippen LogP contribution is 2.26. The molecule has 1 atom stereocenters. The number of nitrogens with one attached hydrogen (secondary N) is 2. The number of piperidine rings is 1. The van der Waals surface area contributed by atoms with E-state index in [0.717, 1.165) is 60.5 Å². The van der Waals surface area contributed by atoms with Gasteiger partial charge in [0.05, 0.1) is 11.5 Å². The molecule has 1 aliphatic rings. The van der Waals surface area contributed by atoms with Gasteiger partial charge in [0.15, 0.2) is 0 Å². The summed E-state index contributed by atoms with van der Waals surface area (Å²) >= 11 is 0. The summed E-state index contributed by atoms with van der Waals surface area (Å²) in [6.45, 7) is 6.34.